The first kappa shape index (κ1) is 18.8. The van der Waals surface area contributed by atoms with E-state index in [9.17, 15) is 4.79 Å². The van der Waals surface area contributed by atoms with Crippen LogP contribution in [0.5, 0.6) is 0 Å². The lowest BCUT2D eigenvalue weighted by Gasteiger charge is -2.21. The predicted octanol–water partition coefficient (Wildman–Crippen LogP) is 2.70. The molecule has 2 aromatic rings. The van der Waals surface area contributed by atoms with Gasteiger partial charge < -0.3 is 14.8 Å². The summed E-state index contributed by atoms with van der Waals surface area (Å²) in [7, 11) is 3.87. The van der Waals surface area contributed by atoms with Crippen LogP contribution in [0.25, 0.3) is 0 Å². The summed E-state index contributed by atoms with van der Waals surface area (Å²) in [5.41, 5.74) is 2.32. The second-order valence-corrected chi connectivity index (χ2v) is 6.16. The molecule has 25 heavy (non-hydrogen) atoms. The molecular weight excluding hydrogens is 312 g/mol. The Kier molecular flexibility index (Phi) is 7.26. The van der Waals surface area contributed by atoms with E-state index in [2.05, 4.69) is 53.4 Å². The summed E-state index contributed by atoms with van der Waals surface area (Å²) in [6.07, 6.45) is 4.14. The van der Waals surface area contributed by atoms with Crippen molar-refractivity contribution in [1.82, 2.24) is 14.8 Å². The van der Waals surface area contributed by atoms with Gasteiger partial charge in [-0.3, -0.25) is 9.79 Å². The van der Waals surface area contributed by atoms with E-state index in [1.165, 1.54) is 12.0 Å². The fourth-order valence-electron chi connectivity index (χ4n) is 2.62. The van der Waals surface area contributed by atoms with Gasteiger partial charge in [-0.05, 0) is 23.6 Å². The van der Waals surface area contributed by atoms with Crippen molar-refractivity contribution in [3.05, 3.63) is 70.1 Å². The Morgan fingerprint density at radius 1 is 1.16 bits per heavy atom. The van der Waals surface area contributed by atoms with Crippen molar-refractivity contribution < 1.29 is 0 Å². The first-order chi connectivity index (χ1) is 12.1. The zero-order chi connectivity index (χ0) is 18.1. The summed E-state index contributed by atoms with van der Waals surface area (Å²) in [4.78, 5) is 18.3. The molecule has 1 aromatic carbocycles. The molecular formula is C20H28N4O. The second-order valence-electron chi connectivity index (χ2n) is 6.16. The highest BCUT2D eigenvalue weighted by atomic mass is 16.1. The van der Waals surface area contributed by atoms with Crippen LogP contribution >= 0.6 is 0 Å². The van der Waals surface area contributed by atoms with Crippen LogP contribution in [0.3, 0.4) is 0 Å². The van der Waals surface area contributed by atoms with Crippen molar-refractivity contribution in [1.29, 1.82) is 0 Å². The predicted molar refractivity (Wildman–Crippen MR) is 104 cm³/mol. The van der Waals surface area contributed by atoms with E-state index in [-0.39, 0.29) is 5.56 Å². The lowest BCUT2D eigenvalue weighted by molar-refractivity contribution is 0.464. The maximum atomic E-state index is 11.8. The highest BCUT2D eigenvalue weighted by Gasteiger charge is 2.05. The number of guanidine groups is 1. The Bertz CT molecular complexity index is 734. The lowest BCUT2D eigenvalue weighted by Crippen LogP contribution is -2.38. The first-order valence-electron chi connectivity index (χ1n) is 8.79. The van der Waals surface area contributed by atoms with Gasteiger partial charge in [0.05, 0.1) is 6.54 Å². The molecule has 0 bridgehead atoms. The first-order valence-corrected chi connectivity index (χ1v) is 8.79. The standard InChI is InChI=1S/C20H28N4O/c1-4-5-13-23(3)20(21-2)22-15-17-9-11-18(12-10-17)16-24-14-7-6-8-19(24)25/h6-12,14H,4-5,13,15-16H2,1-3H3,(H,21,22). The Hall–Kier alpha value is -2.56. The quantitative estimate of drug-likeness (QED) is 0.623. The largest absolute Gasteiger partial charge is 0.352 e. The highest BCUT2D eigenvalue weighted by Crippen LogP contribution is 2.06. The number of benzene rings is 1. The molecule has 0 atom stereocenters. The number of hydrogen-bond acceptors (Lipinski definition) is 2. The normalized spacial score (nSPS) is 11.4. The summed E-state index contributed by atoms with van der Waals surface area (Å²) in [5, 5.41) is 3.39. The third kappa shape index (κ3) is 5.78. The van der Waals surface area contributed by atoms with Crippen molar-refractivity contribution in [2.24, 2.45) is 4.99 Å². The highest BCUT2D eigenvalue weighted by molar-refractivity contribution is 5.79. The van der Waals surface area contributed by atoms with Gasteiger partial charge in [-0.2, -0.15) is 0 Å². The molecule has 0 radical (unpaired) electrons. The zero-order valence-corrected chi connectivity index (χ0v) is 15.4. The van der Waals surface area contributed by atoms with Gasteiger partial charge >= 0.3 is 0 Å². The Labute approximate surface area is 150 Å². The summed E-state index contributed by atoms with van der Waals surface area (Å²) >= 11 is 0. The van der Waals surface area contributed by atoms with Crippen LogP contribution in [-0.2, 0) is 13.1 Å². The fraction of sp³-hybridized carbons (Fsp3) is 0.400. The molecule has 0 aliphatic rings. The molecule has 0 saturated heterocycles. The third-order valence-electron chi connectivity index (χ3n) is 4.15. The number of aromatic nitrogens is 1. The van der Waals surface area contributed by atoms with Gasteiger partial charge in [-0.15, -0.1) is 0 Å². The number of nitrogens with one attached hydrogen (secondary N) is 1. The zero-order valence-electron chi connectivity index (χ0n) is 15.4. The van der Waals surface area contributed by atoms with Crippen LogP contribution in [0.4, 0.5) is 0 Å². The van der Waals surface area contributed by atoms with Crippen molar-refractivity contribution in [3.8, 4) is 0 Å². The molecule has 0 unspecified atom stereocenters. The fourth-order valence-corrected chi connectivity index (χ4v) is 2.62. The Morgan fingerprint density at radius 2 is 1.88 bits per heavy atom. The third-order valence-corrected chi connectivity index (χ3v) is 4.15. The maximum absolute atomic E-state index is 11.8. The van der Waals surface area contributed by atoms with Crippen molar-refractivity contribution in [2.45, 2.75) is 32.9 Å². The molecule has 1 aromatic heterocycles. The van der Waals surface area contributed by atoms with E-state index < -0.39 is 0 Å². The monoisotopic (exact) mass is 340 g/mol. The number of rotatable bonds is 7. The topological polar surface area (TPSA) is 49.6 Å². The van der Waals surface area contributed by atoms with E-state index in [0.29, 0.717) is 6.54 Å². The minimum Gasteiger partial charge on any atom is -0.352 e. The van der Waals surface area contributed by atoms with Gasteiger partial charge in [0.1, 0.15) is 0 Å². The van der Waals surface area contributed by atoms with Crippen molar-refractivity contribution in [2.75, 3.05) is 20.6 Å². The summed E-state index contributed by atoms with van der Waals surface area (Å²) in [5.74, 6) is 0.911. The van der Waals surface area contributed by atoms with Crippen LogP contribution < -0.4 is 10.9 Å². The smallest absolute Gasteiger partial charge is 0.250 e. The van der Waals surface area contributed by atoms with E-state index in [1.807, 2.05) is 19.3 Å². The number of hydrogen-bond donors (Lipinski definition) is 1. The number of unbranched alkanes of at least 4 members (excludes halogenated alkanes) is 1. The molecule has 5 heteroatoms. The Morgan fingerprint density at radius 3 is 2.52 bits per heavy atom. The number of nitrogens with zero attached hydrogens (tertiary/aromatic N) is 3. The van der Waals surface area contributed by atoms with E-state index in [1.54, 1.807) is 16.7 Å². The maximum Gasteiger partial charge on any atom is 0.250 e. The summed E-state index contributed by atoms with van der Waals surface area (Å²) < 4.78 is 1.71. The number of pyridine rings is 1. The molecule has 5 nitrogen and oxygen atoms in total. The van der Waals surface area contributed by atoms with E-state index in [0.717, 1.165) is 31.0 Å². The molecule has 2 rings (SSSR count). The SMILES string of the molecule is CCCCN(C)C(=NC)NCc1ccc(Cn2ccccc2=O)cc1. The van der Waals surface area contributed by atoms with Gasteiger partial charge in [0.25, 0.3) is 5.56 Å². The molecule has 0 saturated carbocycles. The van der Waals surface area contributed by atoms with Crippen LogP contribution in [0.2, 0.25) is 0 Å². The molecule has 0 aliphatic carbocycles. The molecule has 0 amide bonds. The molecule has 1 heterocycles. The average molecular weight is 340 g/mol. The van der Waals surface area contributed by atoms with E-state index in [4.69, 9.17) is 0 Å². The van der Waals surface area contributed by atoms with Gasteiger partial charge in [-0.1, -0.05) is 43.7 Å². The lowest BCUT2D eigenvalue weighted by atomic mass is 10.1. The van der Waals surface area contributed by atoms with Crippen LogP contribution in [0.15, 0.2) is 58.4 Å². The minimum atomic E-state index is 0.0205. The van der Waals surface area contributed by atoms with Crippen molar-refractivity contribution >= 4 is 5.96 Å². The van der Waals surface area contributed by atoms with Gasteiger partial charge in [0.2, 0.25) is 0 Å². The Balaban J connectivity index is 1.92. The van der Waals surface area contributed by atoms with Crippen LogP contribution in [-0.4, -0.2) is 36.1 Å². The van der Waals surface area contributed by atoms with Gasteiger partial charge in [0.15, 0.2) is 5.96 Å². The van der Waals surface area contributed by atoms with Gasteiger partial charge in [0, 0.05) is 39.4 Å². The molecule has 0 spiro atoms. The van der Waals surface area contributed by atoms with Crippen LogP contribution in [0, 0.1) is 0 Å². The molecule has 134 valence electrons. The average Bonchev–Trinajstić information content (AvgIpc) is 2.63. The summed E-state index contributed by atoms with van der Waals surface area (Å²) in [6, 6.07) is 13.5. The van der Waals surface area contributed by atoms with Crippen molar-refractivity contribution in [3.63, 3.8) is 0 Å². The molecule has 1 N–H and O–H groups in total. The molecule has 0 fully saturated rings. The van der Waals surface area contributed by atoms with Gasteiger partial charge in [-0.25, -0.2) is 0 Å². The van der Waals surface area contributed by atoms with E-state index >= 15 is 0 Å². The molecule has 0 aliphatic heterocycles. The summed E-state index contributed by atoms with van der Waals surface area (Å²) in [6.45, 7) is 4.51. The minimum absolute atomic E-state index is 0.0205. The van der Waals surface area contributed by atoms with Crippen LogP contribution in [0.1, 0.15) is 30.9 Å². The number of aliphatic imine (C=N–C) groups is 1. The second kappa shape index (κ2) is 9.67.